The Labute approximate surface area is 74.9 Å². The number of hydrogen-bond acceptors (Lipinski definition) is 3. The van der Waals surface area contributed by atoms with Crippen LogP contribution in [0.1, 0.15) is 32.6 Å². The Morgan fingerprint density at radius 2 is 1.73 bits per heavy atom. The summed E-state index contributed by atoms with van der Waals surface area (Å²) in [7, 11) is 0. The molecule has 0 spiro atoms. The van der Waals surface area contributed by atoms with E-state index in [-0.39, 0.29) is 6.15 Å². The molecule has 0 aliphatic rings. The highest BCUT2D eigenvalue weighted by molar-refractivity contribution is 7.99. The van der Waals surface area contributed by atoms with Crippen LogP contribution in [0.3, 0.4) is 0 Å². The Hall–Kier alpha value is 0.270. The van der Waals surface area contributed by atoms with Crippen molar-refractivity contribution in [2.75, 3.05) is 18.1 Å². The van der Waals surface area contributed by atoms with Crippen LogP contribution in [0.25, 0.3) is 0 Å². The maximum absolute atomic E-state index is 5.36. The minimum Gasteiger partial charge on any atom is -0.344 e. The van der Waals surface area contributed by atoms with E-state index in [0.717, 1.165) is 6.54 Å². The summed E-state index contributed by atoms with van der Waals surface area (Å²) in [5.41, 5.74) is 5.36. The van der Waals surface area contributed by atoms with Gasteiger partial charge in [-0.1, -0.05) is 19.8 Å². The lowest BCUT2D eigenvalue weighted by molar-refractivity contribution is 0.778. The van der Waals surface area contributed by atoms with E-state index < -0.39 is 0 Å². The molecule has 3 heteroatoms. The molecule has 0 amide bonds. The summed E-state index contributed by atoms with van der Waals surface area (Å²) in [5, 5.41) is 0. The lowest BCUT2D eigenvalue weighted by atomic mass is 10.3. The number of nitrogens with two attached hydrogens (primary N) is 1. The molecule has 11 heavy (non-hydrogen) atoms. The van der Waals surface area contributed by atoms with Gasteiger partial charge in [-0.25, -0.2) is 0 Å². The van der Waals surface area contributed by atoms with Crippen LogP contribution in [0, 0.1) is 0 Å². The zero-order valence-electron chi connectivity index (χ0n) is 7.64. The van der Waals surface area contributed by atoms with E-state index in [1.165, 1.54) is 37.2 Å². The first kappa shape index (κ1) is 13.8. The van der Waals surface area contributed by atoms with E-state index in [9.17, 15) is 0 Å². The number of thioether (sulfide) groups is 1. The molecule has 0 unspecified atom stereocenters. The average molecular weight is 178 g/mol. The van der Waals surface area contributed by atoms with E-state index in [4.69, 9.17) is 5.73 Å². The molecule has 0 radical (unpaired) electrons. The third kappa shape index (κ3) is 13.3. The van der Waals surface area contributed by atoms with Crippen LogP contribution in [0.2, 0.25) is 0 Å². The molecule has 0 heterocycles. The Bertz CT molecular complexity index is 52.1. The Morgan fingerprint density at radius 3 is 2.27 bits per heavy atom. The summed E-state index contributed by atoms with van der Waals surface area (Å²) >= 11 is 2.04. The van der Waals surface area contributed by atoms with Crippen molar-refractivity contribution >= 4 is 11.8 Å². The van der Waals surface area contributed by atoms with Crippen molar-refractivity contribution in [2.45, 2.75) is 32.6 Å². The molecule has 0 atom stereocenters. The number of rotatable bonds is 7. The molecule has 0 aliphatic carbocycles. The van der Waals surface area contributed by atoms with Crippen LogP contribution in [0.15, 0.2) is 0 Å². The first-order valence-corrected chi connectivity index (χ1v) is 5.35. The summed E-state index contributed by atoms with van der Waals surface area (Å²) in [6.45, 7) is 3.09. The minimum absolute atomic E-state index is 0. The molecule has 70 valence electrons. The highest BCUT2D eigenvalue weighted by atomic mass is 32.2. The number of unbranched alkanes of at least 4 members (excludes halogenated alkanes) is 2. The van der Waals surface area contributed by atoms with Crippen molar-refractivity contribution < 1.29 is 0 Å². The topological polar surface area (TPSA) is 61.0 Å². The minimum atomic E-state index is 0. The van der Waals surface area contributed by atoms with Gasteiger partial charge in [-0.05, 0) is 30.9 Å². The maximum atomic E-state index is 5.36. The van der Waals surface area contributed by atoms with Crippen LogP contribution >= 0.6 is 11.8 Å². The molecule has 5 N–H and O–H groups in total. The fourth-order valence-electron chi connectivity index (χ4n) is 0.742. The first-order chi connectivity index (χ1) is 4.91. The smallest absolute Gasteiger partial charge is 0.00555 e. The van der Waals surface area contributed by atoms with Crippen molar-refractivity contribution in [3.8, 4) is 0 Å². The van der Waals surface area contributed by atoms with Gasteiger partial charge in [0, 0.05) is 0 Å². The molecule has 0 rings (SSSR count). The van der Waals surface area contributed by atoms with Crippen LogP contribution in [0.5, 0.6) is 0 Å². The van der Waals surface area contributed by atoms with Gasteiger partial charge in [0.15, 0.2) is 0 Å². The summed E-state index contributed by atoms with van der Waals surface area (Å²) in [6, 6.07) is 0. The lowest BCUT2D eigenvalue weighted by Crippen LogP contribution is -1.99. The summed E-state index contributed by atoms with van der Waals surface area (Å²) < 4.78 is 0. The third-order valence-electron chi connectivity index (χ3n) is 1.39. The van der Waals surface area contributed by atoms with Crippen LogP contribution in [0.4, 0.5) is 0 Å². The molecule has 2 nitrogen and oxygen atoms in total. The molecule has 0 aromatic heterocycles. The van der Waals surface area contributed by atoms with Crippen molar-refractivity contribution in [3.63, 3.8) is 0 Å². The molecule has 0 aromatic carbocycles. The predicted octanol–water partition coefficient (Wildman–Crippen LogP) is 2.42. The molecule has 0 bridgehead atoms. The number of hydrogen-bond donors (Lipinski definition) is 2. The van der Waals surface area contributed by atoms with Gasteiger partial charge >= 0.3 is 0 Å². The third-order valence-corrected chi connectivity index (χ3v) is 2.54. The van der Waals surface area contributed by atoms with Crippen molar-refractivity contribution in [1.29, 1.82) is 0 Å². The highest BCUT2D eigenvalue weighted by Crippen LogP contribution is 2.06. The van der Waals surface area contributed by atoms with Gasteiger partial charge in [-0.3, -0.25) is 0 Å². The van der Waals surface area contributed by atoms with Crippen LogP contribution in [-0.2, 0) is 0 Å². The maximum Gasteiger partial charge on any atom is -0.00555 e. The van der Waals surface area contributed by atoms with Gasteiger partial charge < -0.3 is 11.9 Å². The fourth-order valence-corrected chi connectivity index (χ4v) is 1.72. The second kappa shape index (κ2) is 12.9. The standard InChI is InChI=1S/C8H19NS.H3N/c1-2-3-4-7-10-8-5-6-9;/h2-9H2,1H3;1H3. The summed E-state index contributed by atoms with van der Waals surface area (Å²) in [4.78, 5) is 0. The van der Waals surface area contributed by atoms with Crippen molar-refractivity contribution in [1.82, 2.24) is 6.15 Å². The summed E-state index contributed by atoms with van der Waals surface area (Å²) in [6.07, 6.45) is 5.27. The largest absolute Gasteiger partial charge is 0.344 e. The molecule has 0 saturated carbocycles. The van der Waals surface area contributed by atoms with E-state index in [0.29, 0.717) is 0 Å². The fraction of sp³-hybridized carbons (Fsp3) is 1.00. The van der Waals surface area contributed by atoms with Gasteiger partial charge in [0.2, 0.25) is 0 Å². The highest BCUT2D eigenvalue weighted by Gasteiger charge is 1.87. The van der Waals surface area contributed by atoms with E-state index >= 15 is 0 Å². The molecule has 0 fully saturated rings. The van der Waals surface area contributed by atoms with Gasteiger partial charge in [-0.15, -0.1) is 0 Å². The first-order valence-electron chi connectivity index (χ1n) is 4.19. The predicted molar refractivity (Wildman–Crippen MR) is 55.5 cm³/mol. The normalized spacial score (nSPS) is 9.27. The molecule has 0 saturated heterocycles. The molecular formula is C8H22N2S. The Morgan fingerprint density at radius 1 is 1.09 bits per heavy atom. The van der Waals surface area contributed by atoms with Crippen molar-refractivity contribution in [3.05, 3.63) is 0 Å². The monoisotopic (exact) mass is 178 g/mol. The van der Waals surface area contributed by atoms with Crippen molar-refractivity contribution in [2.24, 2.45) is 5.73 Å². The second-order valence-electron chi connectivity index (χ2n) is 2.46. The van der Waals surface area contributed by atoms with Gasteiger partial charge in [-0.2, -0.15) is 11.8 Å². The quantitative estimate of drug-likeness (QED) is 0.589. The molecular weight excluding hydrogens is 156 g/mol. The van der Waals surface area contributed by atoms with Crippen LogP contribution < -0.4 is 11.9 Å². The molecule has 0 aliphatic heterocycles. The summed E-state index contributed by atoms with van der Waals surface area (Å²) in [5.74, 6) is 2.58. The van der Waals surface area contributed by atoms with Gasteiger partial charge in [0.25, 0.3) is 0 Å². The molecule has 0 aromatic rings. The van der Waals surface area contributed by atoms with Gasteiger partial charge in [0.1, 0.15) is 0 Å². The lowest BCUT2D eigenvalue weighted by Gasteiger charge is -1.98. The van der Waals surface area contributed by atoms with Gasteiger partial charge in [0.05, 0.1) is 0 Å². The SMILES string of the molecule is CCCCCSCCCN.N. The van der Waals surface area contributed by atoms with E-state index in [2.05, 4.69) is 6.92 Å². The zero-order chi connectivity index (χ0) is 7.66. The Balaban J connectivity index is 0. The average Bonchev–Trinajstić information content (AvgIpc) is 1.97. The van der Waals surface area contributed by atoms with Crippen LogP contribution in [-0.4, -0.2) is 18.1 Å². The Kier molecular flexibility index (Phi) is 16.2. The van der Waals surface area contributed by atoms with E-state index in [1.54, 1.807) is 0 Å². The second-order valence-corrected chi connectivity index (χ2v) is 3.69. The van der Waals surface area contributed by atoms with E-state index in [1.807, 2.05) is 11.8 Å². The zero-order valence-corrected chi connectivity index (χ0v) is 8.46.